The highest BCUT2D eigenvalue weighted by Gasteiger charge is 2.12. The molecule has 1 aliphatic rings. The molecule has 0 unspecified atom stereocenters. The summed E-state index contributed by atoms with van der Waals surface area (Å²) in [5.74, 6) is 0.221. The number of benzene rings is 2. The van der Waals surface area contributed by atoms with Gasteiger partial charge in [0.25, 0.3) is 0 Å². The lowest BCUT2D eigenvalue weighted by molar-refractivity contribution is 0.0691. The van der Waals surface area contributed by atoms with Gasteiger partial charge in [0.2, 0.25) is 0 Å². The maximum absolute atomic E-state index is 11.1. The Morgan fingerprint density at radius 2 is 1.77 bits per heavy atom. The van der Waals surface area contributed by atoms with Crippen molar-refractivity contribution in [1.29, 1.82) is 0 Å². The van der Waals surface area contributed by atoms with Crippen LogP contribution in [0.5, 0.6) is 11.5 Å². The van der Waals surface area contributed by atoms with E-state index in [-0.39, 0.29) is 5.56 Å². The number of aromatic carboxylic acids is 1. The number of hydrogen-bond acceptors (Lipinski definition) is 3. The molecule has 0 bridgehead atoms. The van der Waals surface area contributed by atoms with Crippen LogP contribution in [0.2, 0.25) is 0 Å². The predicted molar refractivity (Wildman–Crippen MR) is 82.9 cm³/mol. The Hall–Kier alpha value is -2.49. The van der Waals surface area contributed by atoms with Gasteiger partial charge in [0.15, 0.2) is 0 Å². The molecular formula is C18H18O4. The van der Waals surface area contributed by atoms with E-state index in [0.29, 0.717) is 19.0 Å². The Morgan fingerprint density at radius 3 is 2.64 bits per heavy atom. The summed E-state index contributed by atoms with van der Waals surface area (Å²) >= 11 is 0. The Morgan fingerprint density at radius 1 is 1.00 bits per heavy atom. The van der Waals surface area contributed by atoms with Crippen LogP contribution in [0.4, 0.5) is 0 Å². The minimum Gasteiger partial charge on any atom is -0.490 e. The highest BCUT2D eigenvalue weighted by atomic mass is 16.5. The van der Waals surface area contributed by atoms with Crippen molar-refractivity contribution in [2.45, 2.75) is 19.3 Å². The van der Waals surface area contributed by atoms with Crippen molar-refractivity contribution in [1.82, 2.24) is 0 Å². The quantitative estimate of drug-likeness (QED) is 0.831. The second kappa shape index (κ2) is 6.52. The van der Waals surface area contributed by atoms with Gasteiger partial charge in [-0.2, -0.15) is 0 Å². The topological polar surface area (TPSA) is 55.8 Å². The molecule has 0 spiro atoms. The molecule has 4 nitrogen and oxygen atoms in total. The first-order valence-electron chi connectivity index (χ1n) is 7.44. The molecule has 114 valence electrons. The summed E-state index contributed by atoms with van der Waals surface area (Å²) in [6.07, 6.45) is 3.49. The lowest BCUT2D eigenvalue weighted by Gasteiger charge is -2.11. The minimum absolute atomic E-state index is 0.167. The molecule has 0 amide bonds. The van der Waals surface area contributed by atoms with Crippen LogP contribution in [0.1, 0.15) is 27.9 Å². The molecule has 0 saturated heterocycles. The molecule has 0 fully saturated rings. The molecule has 2 aromatic carbocycles. The Balaban J connectivity index is 1.53. The number of carboxylic acid groups (broad SMARTS) is 1. The molecule has 0 saturated carbocycles. The average molecular weight is 298 g/mol. The third-order valence-electron chi connectivity index (χ3n) is 3.80. The summed E-state index contributed by atoms with van der Waals surface area (Å²) in [6.45, 7) is 0.689. The molecule has 4 heteroatoms. The van der Waals surface area contributed by atoms with Crippen molar-refractivity contribution >= 4 is 5.97 Å². The van der Waals surface area contributed by atoms with Gasteiger partial charge in [-0.15, -0.1) is 0 Å². The Bertz CT molecular complexity index is 679. The van der Waals surface area contributed by atoms with E-state index in [4.69, 9.17) is 14.6 Å². The molecule has 22 heavy (non-hydrogen) atoms. The molecule has 0 aromatic heterocycles. The van der Waals surface area contributed by atoms with Crippen LogP contribution in [0.25, 0.3) is 0 Å². The van der Waals surface area contributed by atoms with E-state index in [1.807, 2.05) is 6.07 Å². The summed E-state index contributed by atoms with van der Waals surface area (Å²) in [6, 6.07) is 12.8. The van der Waals surface area contributed by atoms with E-state index < -0.39 is 5.97 Å². The van der Waals surface area contributed by atoms with Gasteiger partial charge in [-0.3, -0.25) is 0 Å². The van der Waals surface area contributed by atoms with Crippen molar-refractivity contribution in [3.05, 3.63) is 59.2 Å². The number of aryl methyl sites for hydroxylation is 2. The fourth-order valence-corrected chi connectivity index (χ4v) is 2.72. The fourth-order valence-electron chi connectivity index (χ4n) is 2.72. The average Bonchev–Trinajstić information content (AvgIpc) is 2.99. The van der Waals surface area contributed by atoms with E-state index >= 15 is 0 Å². The van der Waals surface area contributed by atoms with Gasteiger partial charge in [0.1, 0.15) is 30.3 Å². The van der Waals surface area contributed by atoms with Gasteiger partial charge < -0.3 is 14.6 Å². The minimum atomic E-state index is -0.991. The van der Waals surface area contributed by atoms with Crippen LogP contribution < -0.4 is 9.47 Å². The number of ether oxygens (including phenoxy) is 2. The molecule has 0 radical (unpaired) electrons. The highest BCUT2D eigenvalue weighted by molar-refractivity contribution is 5.90. The van der Waals surface area contributed by atoms with Crippen LogP contribution in [-0.4, -0.2) is 24.3 Å². The summed E-state index contributed by atoms with van der Waals surface area (Å²) < 4.78 is 11.2. The van der Waals surface area contributed by atoms with Gasteiger partial charge in [-0.25, -0.2) is 4.79 Å². The first kappa shape index (κ1) is 14.4. The van der Waals surface area contributed by atoms with Gasteiger partial charge in [0, 0.05) is 0 Å². The first-order valence-corrected chi connectivity index (χ1v) is 7.44. The van der Waals surface area contributed by atoms with Crippen LogP contribution in [0, 0.1) is 0 Å². The van der Waals surface area contributed by atoms with Crippen molar-refractivity contribution in [3.8, 4) is 11.5 Å². The third-order valence-corrected chi connectivity index (χ3v) is 3.80. The normalized spacial score (nSPS) is 12.7. The van der Waals surface area contributed by atoms with E-state index in [1.54, 1.807) is 18.2 Å². The van der Waals surface area contributed by atoms with E-state index in [1.165, 1.54) is 23.6 Å². The van der Waals surface area contributed by atoms with Crippen molar-refractivity contribution in [3.63, 3.8) is 0 Å². The SMILES string of the molecule is O=C(O)c1ccccc1OCCOc1ccc2c(c1)CCC2. The van der Waals surface area contributed by atoms with Crippen molar-refractivity contribution < 1.29 is 19.4 Å². The number of fused-ring (bicyclic) bond motifs is 1. The Kier molecular flexibility index (Phi) is 4.28. The smallest absolute Gasteiger partial charge is 0.339 e. The number of rotatable bonds is 6. The van der Waals surface area contributed by atoms with Crippen LogP contribution in [0.3, 0.4) is 0 Å². The van der Waals surface area contributed by atoms with Gasteiger partial charge in [-0.1, -0.05) is 18.2 Å². The zero-order valence-corrected chi connectivity index (χ0v) is 12.2. The van der Waals surface area contributed by atoms with Crippen molar-refractivity contribution in [2.24, 2.45) is 0 Å². The van der Waals surface area contributed by atoms with E-state index in [2.05, 4.69) is 12.1 Å². The lowest BCUT2D eigenvalue weighted by atomic mass is 10.1. The molecule has 1 aliphatic carbocycles. The summed E-state index contributed by atoms with van der Waals surface area (Å²) in [5, 5.41) is 9.08. The molecule has 0 aliphatic heterocycles. The maximum atomic E-state index is 11.1. The predicted octanol–water partition coefficient (Wildman–Crippen LogP) is 3.33. The largest absolute Gasteiger partial charge is 0.490 e. The van der Waals surface area contributed by atoms with Gasteiger partial charge >= 0.3 is 5.97 Å². The monoisotopic (exact) mass is 298 g/mol. The standard InChI is InChI=1S/C18H18O4/c19-18(20)16-6-1-2-7-17(16)22-11-10-21-15-9-8-13-4-3-5-14(13)12-15/h1-2,6-9,12H,3-5,10-11H2,(H,19,20). The van der Waals surface area contributed by atoms with Crippen LogP contribution >= 0.6 is 0 Å². The van der Waals surface area contributed by atoms with Crippen LogP contribution in [-0.2, 0) is 12.8 Å². The van der Waals surface area contributed by atoms with E-state index in [9.17, 15) is 4.79 Å². The van der Waals surface area contributed by atoms with Crippen LogP contribution in [0.15, 0.2) is 42.5 Å². The zero-order valence-electron chi connectivity index (χ0n) is 12.2. The number of carbonyl (C=O) groups is 1. The van der Waals surface area contributed by atoms with E-state index in [0.717, 1.165) is 18.6 Å². The zero-order chi connectivity index (χ0) is 15.4. The Labute approximate surface area is 129 Å². The first-order chi connectivity index (χ1) is 10.7. The maximum Gasteiger partial charge on any atom is 0.339 e. The molecular weight excluding hydrogens is 280 g/mol. The fraction of sp³-hybridized carbons (Fsp3) is 0.278. The molecule has 0 atom stereocenters. The second-order valence-corrected chi connectivity index (χ2v) is 5.28. The number of hydrogen-bond donors (Lipinski definition) is 1. The van der Waals surface area contributed by atoms with Crippen molar-refractivity contribution in [2.75, 3.05) is 13.2 Å². The lowest BCUT2D eigenvalue weighted by Crippen LogP contribution is -2.11. The molecule has 3 rings (SSSR count). The number of para-hydroxylation sites is 1. The molecule has 0 heterocycles. The third kappa shape index (κ3) is 3.22. The molecule has 1 N–H and O–H groups in total. The second-order valence-electron chi connectivity index (χ2n) is 5.28. The van der Waals surface area contributed by atoms with Gasteiger partial charge in [-0.05, 0) is 54.7 Å². The summed E-state index contributed by atoms with van der Waals surface area (Å²) in [7, 11) is 0. The van der Waals surface area contributed by atoms with Gasteiger partial charge in [0.05, 0.1) is 0 Å². The number of carboxylic acids is 1. The highest BCUT2D eigenvalue weighted by Crippen LogP contribution is 2.26. The summed E-state index contributed by atoms with van der Waals surface area (Å²) in [4.78, 5) is 11.1. The summed E-state index contributed by atoms with van der Waals surface area (Å²) in [5.41, 5.74) is 2.95. The molecule has 2 aromatic rings.